The van der Waals surface area contributed by atoms with Gasteiger partial charge in [0.15, 0.2) is 0 Å². The van der Waals surface area contributed by atoms with Crippen molar-refractivity contribution in [3.63, 3.8) is 0 Å². The Morgan fingerprint density at radius 1 is 1.24 bits per heavy atom. The van der Waals surface area contributed by atoms with Gasteiger partial charge in [-0.25, -0.2) is 4.79 Å². The summed E-state index contributed by atoms with van der Waals surface area (Å²) < 4.78 is 0. The lowest BCUT2D eigenvalue weighted by Crippen LogP contribution is -2.57. The molecule has 0 aromatic heterocycles. The lowest BCUT2D eigenvalue weighted by atomic mass is 9.72. The van der Waals surface area contributed by atoms with Crippen LogP contribution in [0.25, 0.3) is 10.4 Å². The summed E-state index contributed by atoms with van der Waals surface area (Å²) in [5.41, 5.74) is 8.43. The monoisotopic (exact) mass is 404 g/mol. The third-order valence-corrected chi connectivity index (χ3v) is 6.40. The Kier molecular flexibility index (Phi) is 7.77. The summed E-state index contributed by atoms with van der Waals surface area (Å²) in [4.78, 5) is 36.3. The minimum Gasteiger partial charge on any atom is -0.354 e. The van der Waals surface area contributed by atoms with Crippen molar-refractivity contribution in [1.29, 1.82) is 0 Å². The number of fused-ring (bicyclic) bond motifs is 4. The van der Waals surface area contributed by atoms with E-state index in [1.807, 2.05) is 0 Å². The van der Waals surface area contributed by atoms with Crippen molar-refractivity contribution >= 4 is 11.9 Å². The number of hydrogen-bond donors (Lipinski definition) is 1. The van der Waals surface area contributed by atoms with Crippen molar-refractivity contribution in [3.05, 3.63) is 23.1 Å². The SMILES string of the molecule is C=CCON1C(=O)N2C[C@H]1C1CCCCCCCCC1[C@H]2C(=O)NCCN=[N+]=[N-]. The fourth-order valence-corrected chi connectivity index (χ4v) is 5.16. The normalized spacial score (nSPS) is 29.6. The van der Waals surface area contributed by atoms with Gasteiger partial charge < -0.3 is 10.2 Å². The zero-order valence-corrected chi connectivity index (χ0v) is 17.0. The first-order valence-corrected chi connectivity index (χ1v) is 10.8. The summed E-state index contributed by atoms with van der Waals surface area (Å²) in [6, 6.07) is -0.736. The van der Waals surface area contributed by atoms with Crippen LogP contribution >= 0.6 is 0 Å². The first-order valence-electron chi connectivity index (χ1n) is 10.8. The molecule has 160 valence electrons. The highest BCUT2D eigenvalue weighted by molar-refractivity contribution is 5.89. The lowest BCUT2D eigenvalue weighted by molar-refractivity contribution is -0.139. The lowest BCUT2D eigenvalue weighted by Gasteiger charge is -2.43. The quantitative estimate of drug-likeness (QED) is 0.231. The summed E-state index contributed by atoms with van der Waals surface area (Å²) in [6.07, 6.45) is 10.6. The molecule has 1 saturated carbocycles. The highest BCUT2D eigenvalue weighted by Crippen LogP contribution is 2.43. The number of hydroxylamine groups is 2. The van der Waals surface area contributed by atoms with Crippen LogP contribution < -0.4 is 5.32 Å². The largest absolute Gasteiger partial charge is 0.354 e. The van der Waals surface area contributed by atoms with Crippen LogP contribution in [0.4, 0.5) is 4.79 Å². The first-order chi connectivity index (χ1) is 14.2. The minimum atomic E-state index is -0.494. The Labute approximate surface area is 172 Å². The van der Waals surface area contributed by atoms with E-state index in [4.69, 9.17) is 10.4 Å². The molecule has 2 bridgehead atoms. The van der Waals surface area contributed by atoms with Gasteiger partial charge in [-0.05, 0) is 30.2 Å². The standard InChI is InChI=1S/C20H32N6O3/c1-2-13-29-26-17-14-25(20(26)28)18(19(27)22-11-12-23-24-21)16-10-8-6-4-3-5-7-9-15(16)17/h2,15-18H,1,3-14H2,(H,22,27)/t15?,16?,17-,18-/m0/s1. The fourth-order valence-electron chi connectivity index (χ4n) is 5.16. The number of amides is 3. The maximum atomic E-state index is 13.1. The van der Waals surface area contributed by atoms with E-state index in [0.717, 1.165) is 25.7 Å². The Hall–Kier alpha value is -2.25. The van der Waals surface area contributed by atoms with E-state index < -0.39 is 6.04 Å². The molecule has 0 aromatic carbocycles. The second-order valence-electron chi connectivity index (χ2n) is 8.13. The molecule has 1 aliphatic carbocycles. The smallest absolute Gasteiger partial charge is 0.345 e. The van der Waals surface area contributed by atoms with Crippen molar-refractivity contribution in [2.75, 3.05) is 26.2 Å². The molecule has 9 heteroatoms. The van der Waals surface area contributed by atoms with E-state index in [0.29, 0.717) is 6.54 Å². The summed E-state index contributed by atoms with van der Waals surface area (Å²) in [5, 5.41) is 7.85. The van der Waals surface area contributed by atoms with Crippen molar-refractivity contribution < 1.29 is 14.4 Å². The van der Waals surface area contributed by atoms with Crippen LogP contribution in [0.5, 0.6) is 0 Å². The second-order valence-corrected chi connectivity index (χ2v) is 8.13. The van der Waals surface area contributed by atoms with Gasteiger partial charge in [-0.3, -0.25) is 9.63 Å². The number of piperidine rings is 1. The molecule has 0 spiro atoms. The zero-order chi connectivity index (χ0) is 20.6. The van der Waals surface area contributed by atoms with Gasteiger partial charge in [0, 0.05) is 24.5 Å². The van der Waals surface area contributed by atoms with Gasteiger partial charge in [0.2, 0.25) is 5.91 Å². The van der Waals surface area contributed by atoms with Crippen molar-refractivity contribution in [1.82, 2.24) is 15.3 Å². The molecule has 29 heavy (non-hydrogen) atoms. The molecule has 3 fully saturated rings. The van der Waals surface area contributed by atoms with E-state index in [1.54, 1.807) is 11.0 Å². The summed E-state index contributed by atoms with van der Waals surface area (Å²) in [6.45, 7) is 4.95. The number of nitrogens with one attached hydrogen (secondary N) is 1. The van der Waals surface area contributed by atoms with Crippen LogP contribution in [0.3, 0.4) is 0 Å². The first kappa shape index (κ1) is 21.5. The molecule has 0 radical (unpaired) electrons. The van der Waals surface area contributed by atoms with Crippen molar-refractivity contribution in [2.45, 2.75) is 63.5 Å². The third-order valence-electron chi connectivity index (χ3n) is 6.40. The van der Waals surface area contributed by atoms with E-state index in [9.17, 15) is 9.59 Å². The Morgan fingerprint density at radius 3 is 2.62 bits per heavy atom. The number of carbonyl (C=O) groups excluding carboxylic acids is 2. The topological polar surface area (TPSA) is 111 Å². The number of nitrogens with zero attached hydrogens (tertiary/aromatic N) is 5. The molecule has 3 amide bonds. The molecule has 2 unspecified atom stereocenters. The van der Waals surface area contributed by atoms with E-state index in [-0.39, 0.29) is 49.5 Å². The highest BCUT2D eigenvalue weighted by atomic mass is 16.7. The Balaban J connectivity index is 1.84. The number of rotatable bonds is 7. The predicted molar refractivity (Wildman–Crippen MR) is 109 cm³/mol. The molecule has 0 aromatic rings. The van der Waals surface area contributed by atoms with Crippen LogP contribution in [0.1, 0.15) is 51.4 Å². The molecular weight excluding hydrogens is 372 g/mol. The van der Waals surface area contributed by atoms with Gasteiger partial charge in [-0.2, -0.15) is 5.06 Å². The van der Waals surface area contributed by atoms with Gasteiger partial charge in [0.05, 0.1) is 12.6 Å². The zero-order valence-electron chi connectivity index (χ0n) is 17.0. The number of hydrogen-bond acceptors (Lipinski definition) is 4. The van der Waals surface area contributed by atoms with Crippen LogP contribution in [0.2, 0.25) is 0 Å². The van der Waals surface area contributed by atoms with Crippen molar-refractivity contribution in [2.24, 2.45) is 17.0 Å². The average molecular weight is 405 g/mol. The molecule has 2 aliphatic heterocycles. The average Bonchev–Trinajstić information content (AvgIpc) is 3.00. The number of urea groups is 1. The molecule has 3 rings (SSSR count). The van der Waals surface area contributed by atoms with Crippen LogP contribution in [-0.2, 0) is 9.63 Å². The summed E-state index contributed by atoms with van der Waals surface area (Å²) in [7, 11) is 0. The molecule has 4 atom stereocenters. The van der Waals surface area contributed by atoms with Crippen LogP contribution in [-0.4, -0.2) is 60.2 Å². The van der Waals surface area contributed by atoms with Crippen LogP contribution in [0, 0.1) is 11.8 Å². The van der Waals surface area contributed by atoms with E-state index >= 15 is 0 Å². The maximum absolute atomic E-state index is 13.1. The number of carbonyl (C=O) groups is 2. The highest BCUT2D eigenvalue weighted by Gasteiger charge is 2.56. The van der Waals surface area contributed by atoms with Crippen molar-refractivity contribution in [3.8, 4) is 0 Å². The van der Waals surface area contributed by atoms with E-state index in [2.05, 4.69) is 21.9 Å². The third kappa shape index (κ3) is 4.85. The number of azide groups is 1. The summed E-state index contributed by atoms with van der Waals surface area (Å²) >= 11 is 0. The van der Waals surface area contributed by atoms with E-state index in [1.165, 1.54) is 30.7 Å². The van der Waals surface area contributed by atoms with Gasteiger partial charge in [-0.1, -0.05) is 49.7 Å². The predicted octanol–water partition coefficient (Wildman–Crippen LogP) is 3.39. The van der Waals surface area contributed by atoms with Crippen LogP contribution in [0.15, 0.2) is 17.8 Å². The second kappa shape index (κ2) is 10.5. The van der Waals surface area contributed by atoms with Gasteiger partial charge in [-0.15, -0.1) is 6.58 Å². The van der Waals surface area contributed by atoms with Gasteiger partial charge >= 0.3 is 6.03 Å². The van der Waals surface area contributed by atoms with Gasteiger partial charge in [0.1, 0.15) is 6.04 Å². The fraction of sp³-hybridized carbons (Fsp3) is 0.800. The molecule has 9 nitrogen and oxygen atoms in total. The summed E-state index contributed by atoms with van der Waals surface area (Å²) in [5.74, 6) is 0.212. The molecule has 2 heterocycles. The maximum Gasteiger partial charge on any atom is 0.345 e. The minimum absolute atomic E-state index is 0.0147. The molecule has 2 saturated heterocycles. The Bertz CT molecular complexity index is 650. The Morgan fingerprint density at radius 2 is 1.93 bits per heavy atom. The molecular formula is C20H32N6O3. The molecule has 1 N–H and O–H groups in total. The molecule has 3 aliphatic rings. The van der Waals surface area contributed by atoms with Gasteiger partial charge in [0.25, 0.3) is 0 Å².